The van der Waals surface area contributed by atoms with Crippen molar-refractivity contribution in [3.05, 3.63) is 18.0 Å². The molecule has 0 spiro atoms. The number of hydrogen-bond acceptors (Lipinski definition) is 1. The third kappa shape index (κ3) is 0.590. The standard InChI is InChI=1S/C7H10N2/c1-6-2-3-7-4-5-8-9(6)7/h4-6H,2-3H2,1H3. The van der Waals surface area contributed by atoms with Crippen molar-refractivity contribution in [3.8, 4) is 0 Å². The summed E-state index contributed by atoms with van der Waals surface area (Å²) in [4.78, 5) is 0. The Kier molecular flexibility index (Phi) is 0.891. The largest absolute Gasteiger partial charge is 0.267 e. The molecule has 1 aromatic rings. The topological polar surface area (TPSA) is 17.8 Å². The Bertz CT molecular complexity index is 214. The Morgan fingerprint density at radius 3 is 3.44 bits per heavy atom. The third-order valence-electron chi connectivity index (χ3n) is 1.99. The predicted molar refractivity (Wildman–Crippen MR) is 35.3 cm³/mol. The number of aryl methyl sites for hydroxylation is 1. The summed E-state index contributed by atoms with van der Waals surface area (Å²) in [5, 5.41) is 4.19. The molecule has 2 rings (SSSR count). The molecule has 2 heteroatoms. The van der Waals surface area contributed by atoms with Crippen LogP contribution in [0.25, 0.3) is 0 Å². The average molecular weight is 122 g/mol. The predicted octanol–water partition coefficient (Wildman–Crippen LogP) is 1.39. The van der Waals surface area contributed by atoms with Crippen molar-refractivity contribution in [1.29, 1.82) is 0 Å². The lowest BCUT2D eigenvalue weighted by atomic mass is 10.2. The molecular weight excluding hydrogens is 112 g/mol. The van der Waals surface area contributed by atoms with Gasteiger partial charge in [0.2, 0.25) is 0 Å². The second kappa shape index (κ2) is 1.59. The summed E-state index contributed by atoms with van der Waals surface area (Å²) >= 11 is 0. The lowest BCUT2D eigenvalue weighted by molar-refractivity contribution is 0.521. The Balaban J connectivity index is 2.49. The Morgan fingerprint density at radius 2 is 2.67 bits per heavy atom. The van der Waals surface area contributed by atoms with Crippen LogP contribution in [0.15, 0.2) is 12.3 Å². The van der Waals surface area contributed by atoms with Crippen molar-refractivity contribution in [2.75, 3.05) is 0 Å². The molecule has 1 aliphatic rings. The lowest BCUT2D eigenvalue weighted by Gasteiger charge is -2.01. The quantitative estimate of drug-likeness (QED) is 0.508. The maximum atomic E-state index is 4.19. The smallest absolute Gasteiger partial charge is 0.0498 e. The average Bonchev–Trinajstić information content (AvgIpc) is 2.35. The van der Waals surface area contributed by atoms with Crippen LogP contribution >= 0.6 is 0 Å². The van der Waals surface area contributed by atoms with E-state index in [1.54, 1.807) is 0 Å². The van der Waals surface area contributed by atoms with Crippen molar-refractivity contribution in [1.82, 2.24) is 9.78 Å². The molecule has 0 radical (unpaired) electrons. The summed E-state index contributed by atoms with van der Waals surface area (Å²) in [6, 6.07) is 2.73. The van der Waals surface area contributed by atoms with Gasteiger partial charge in [0.1, 0.15) is 0 Å². The van der Waals surface area contributed by atoms with Crippen LogP contribution in [0.3, 0.4) is 0 Å². The molecule has 0 aliphatic carbocycles. The van der Waals surface area contributed by atoms with Gasteiger partial charge in [0.05, 0.1) is 0 Å². The molecule has 0 bridgehead atoms. The lowest BCUT2D eigenvalue weighted by Crippen LogP contribution is -1.99. The van der Waals surface area contributed by atoms with Gasteiger partial charge in [-0.2, -0.15) is 5.10 Å². The summed E-state index contributed by atoms with van der Waals surface area (Å²) in [6.07, 6.45) is 4.36. The minimum Gasteiger partial charge on any atom is -0.267 e. The number of rotatable bonds is 0. The molecule has 0 fully saturated rings. The van der Waals surface area contributed by atoms with Crippen molar-refractivity contribution < 1.29 is 0 Å². The van der Waals surface area contributed by atoms with E-state index in [0.29, 0.717) is 6.04 Å². The SMILES string of the molecule is CC1CCc2ccnn21. The van der Waals surface area contributed by atoms with Gasteiger partial charge < -0.3 is 0 Å². The molecule has 0 saturated carbocycles. The van der Waals surface area contributed by atoms with Gasteiger partial charge >= 0.3 is 0 Å². The van der Waals surface area contributed by atoms with Gasteiger partial charge in [0.25, 0.3) is 0 Å². The van der Waals surface area contributed by atoms with E-state index in [1.165, 1.54) is 18.5 Å². The highest BCUT2D eigenvalue weighted by molar-refractivity contribution is 5.06. The molecule has 2 heterocycles. The molecule has 0 amide bonds. The van der Waals surface area contributed by atoms with Gasteiger partial charge in [-0.3, -0.25) is 4.68 Å². The fourth-order valence-corrected chi connectivity index (χ4v) is 1.42. The first-order chi connectivity index (χ1) is 4.38. The normalized spacial score (nSPS) is 24.3. The van der Waals surface area contributed by atoms with E-state index < -0.39 is 0 Å². The van der Waals surface area contributed by atoms with Gasteiger partial charge in [-0.25, -0.2) is 0 Å². The second-order valence-corrected chi connectivity index (χ2v) is 2.65. The number of nitrogens with zero attached hydrogens (tertiary/aromatic N) is 2. The van der Waals surface area contributed by atoms with Crippen LogP contribution in [0.5, 0.6) is 0 Å². The Hall–Kier alpha value is -0.790. The van der Waals surface area contributed by atoms with Crippen LogP contribution in [0.2, 0.25) is 0 Å². The zero-order chi connectivity index (χ0) is 6.27. The number of hydrogen-bond donors (Lipinski definition) is 0. The minimum atomic E-state index is 0.634. The zero-order valence-corrected chi connectivity index (χ0v) is 5.54. The molecule has 0 aromatic carbocycles. The first-order valence-corrected chi connectivity index (χ1v) is 3.40. The molecular formula is C7H10N2. The van der Waals surface area contributed by atoms with Gasteiger partial charge in [-0.15, -0.1) is 0 Å². The van der Waals surface area contributed by atoms with Gasteiger partial charge in [0, 0.05) is 17.9 Å². The maximum Gasteiger partial charge on any atom is 0.0498 e. The Morgan fingerprint density at radius 1 is 1.78 bits per heavy atom. The zero-order valence-electron chi connectivity index (χ0n) is 5.54. The van der Waals surface area contributed by atoms with Crippen LogP contribution in [0, 0.1) is 0 Å². The van der Waals surface area contributed by atoms with Crippen molar-refractivity contribution >= 4 is 0 Å². The number of aromatic nitrogens is 2. The summed E-state index contributed by atoms with van der Waals surface area (Å²) in [6.45, 7) is 2.21. The van der Waals surface area contributed by atoms with Crippen LogP contribution < -0.4 is 0 Å². The van der Waals surface area contributed by atoms with E-state index in [2.05, 4.69) is 22.8 Å². The van der Waals surface area contributed by atoms with E-state index in [4.69, 9.17) is 0 Å². The highest BCUT2D eigenvalue weighted by Crippen LogP contribution is 2.22. The van der Waals surface area contributed by atoms with Crippen LogP contribution in [-0.2, 0) is 6.42 Å². The van der Waals surface area contributed by atoms with Crippen molar-refractivity contribution in [2.45, 2.75) is 25.8 Å². The summed E-state index contributed by atoms with van der Waals surface area (Å²) in [5.74, 6) is 0. The molecule has 0 saturated heterocycles. The van der Waals surface area contributed by atoms with Gasteiger partial charge in [-0.05, 0) is 25.8 Å². The Labute approximate surface area is 54.5 Å². The second-order valence-electron chi connectivity index (χ2n) is 2.65. The minimum absolute atomic E-state index is 0.634. The van der Waals surface area contributed by atoms with Crippen LogP contribution in [-0.4, -0.2) is 9.78 Å². The van der Waals surface area contributed by atoms with E-state index in [0.717, 1.165) is 0 Å². The highest BCUT2D eigenvalue weighted by Gasteiger charge is 2.16. The molecule has 9 heavy (non-hydrogen) atoms. The van der Waals surface area contributed by atoms with E-state index in [9.17, 15) is 0 Å². The first-order valence-electron chi connectivity index (χ1n) is 3.40. The molecule has 1 aliphatic heterocycles. The van der Waals surface area contributed by atoms with E-state index >= 15 is 0 Å². The molecule has 1 aromatic heterocycles. The monoisotopic (exact) mass is 122 g/mol. The molecule has 1 unspecified atom stereocenters. The van der Waals surface area contributed by atoms with E-state index in [1.807, 2.05) is 6.20 Å². The first kappa shape index (κ1) is 5.03. The highest BCUT2D eigenvalue weighted by atomic mass is 15.3. The van der Waals surface area contributed by atoms with Crippen LogP contribution in [0.4, 0.5) is 0 Å². The molecule has 1 atom stereocenters. The van der Waals surface area contributed by atoms with Gasteiger partial charge in [0.15, 0.2) is 0 Å². The summed E-state index contributed by atoms with van der Waals surface area (Å²) in [7, 11) is 0. The van der Waals surface area contributed by atoms with Crippen molar-refractivity contribution in [2.24, 2.45) is 0 Å². The summed E-state index contributed by atoms with van der Waals surface area (Å²) in [5.41, 5.74) is 1.39. The molecule has 2 nitrogen and oxygen atoms in total. The maximum absolute atomic E-state index is 4.19. The van der Waals surface area contributed by atoms with Crippen LogP contribution in [0.1, 0.15) is 25.1 Å². The molecule has 48 valence electrons. The molecule has 0 N–H and O–H groups in total. The van der Waals surface area contributed by atoms with Gasteiger partial charge in [-0.1, -0.05) is 0 Å². The number of fused-ring (bicyclic) bond motifs is 1. The van der Waals surface area contributed by atoms with E-state index in [-0.39, 0.29) is 0 Å². The van der Waals surface area contributed by atoms with Crippen molar-refractivity contribution in [3.63, 3.8) is 0 Å². The fraction of sp³-hybridized carbons (Fsp3) is 0.571. The fourth-order valence-electron chi connectivity index (χ4n) is 1.42. The third-order valence-corrected chi connectivity index (χ3v) is 1.99. The summed E-state index contributed by atoms with van der Waals surface area (Å²) < 4.78 is 2.11.